The molecular weight excluding hydrogens is 660 g/mol. The van der Waals surface area contributed by atoms with Gasteiger partial charge in [0.05, 0.1) is 25.9 Å². The summed E-state index contributed by atoms with van der Waals surface area (Å²) >= 11 is 0. The van der Waals surface area contributed by atoms with Crippen LogP contribution in [0, 0.1) is 11.6 Å². The maximum absolute atomic E-state index is 14.4. The van der Waals surface area contributed by atoms with Crippen LogP contribution in [0.5, 0.6) is 0 Å². The van der Waals surface area contributed by atoms with Gasteiger partial charge in [-0.1, -0.05) is 36.4 Å². The van der Waals surface area contributed by atoms with E-state index >= 15 is 0 Å². The number of pyridine rings is 1. The van der Waals surface area contributed by atoms with Gasteiger partial charge in [-0.05, 0) is 42.9 Å². The molecule has 0 saturated heterocycles. The molecule has 0 aliphatic heterocycles. The van der Waals surface area contributed by atoms with Gasteiger partial charge < -0.3 is 4.74 Å². The van der Waals surface area contributed by atoms with Gasteiger partial charge in [0.25, 0.3) is 0 Å². The number of anilines is 1. The first-order chi connectivity index (χ1) is 22.5. The molecule has 3 aromatic rings. The standard InChI is InChI=1S/C30H38F2N4O9P2/c1-5-42-46(39)20-26(45-47(40,43-6-2)44-7-3)16-25(36(21(4)37)34-18-24-13-10-14-27(31)29(24)32)19-41-30(38)35-28-15-22-11-8-9-12-23(22)17-33-28/h8-15,17,25-26,34H,5-7,16,18-20H2,1-4H3/p+1. The van der Waals surface area contributed by atoms with Crippen LogP contribution >= 0.6 is 15.9 Å². The Labute approximate surface area is 272 Å². The first-order valence-corrected chi connectivity index (χ1v) is 17.7. The molecule has 1 heterocycles. The second-order valence-corrected chi connectivity index (χ2v) is 12.8. The highest BCUT2D eigenvalue weighted by Crippen LogP contribution is 2.51. The summed E-state index contributed by atoms with van der Waals surface area (Å²) in [6.07, 6.45) is -1.04. The lowest BCUT2D eigenvalue weighted by Gasteiger charge is -2.33. The van der Waals surface area contributed by atoms with Crippen LogP contribution in [-0.4, -0.2) is 66.7 Å². The summed E-state index contributed by atoms with van der Waals surface area (Å²) in [5.74, 6) is -2.58. The normalized spacial score (nSPS) is 13.2. The van der Waals surface area contributed by atoms with Gasteiger partial charge in [-0.25, -0.2) is 28.6 Å². The summed E-state index contributed by atoms with van der Waals surface area (Å²) in [6, 6.07) is 11.6. The number of hydrogen-bond acceptors (Lipinski definition) is 11. The third-order valence-electron chi connectivity index (χ3n) is 6.46. The number of benzene rings is 2. The summed E-state index contributed by atoms with van der Waals surface area (Å²) in [4.78, 5) is 30.0. The molecule has 3 unspecified atom stereocenters. The Balaban J connectivity index is 1.88. The number of halogens is 2. The van der Waals surface area contributed by atoms with E-state index in [1.165, 1.54) is 19.1 Å². The Hall–Kier alpha value is -3.42. The van der Waals surface area contributed by atoms with E-state index in [0.717, 1.165) is 21.8 Å². The van der Waals surface area contributed by atoms with Crippen LogP contribution in [0.2, 0.25) is 0 Å². The number of phosphoric ester groups is 1. The lowest BCUT2D eigenvalue weighted by Crippen LogP contribution is -2.52. The minimum absolute atomic E-state index is 0.0303. The molecule has 2 aromatic carbocycles. The number of ether oxygens (including phenoxy) is 1. The van der Waals surface area contributed by atoms with E-state index in [1.807, 2.05) is 24.3 Å². The molecule has 0 aliphatic carbocycles. The third kappa shape index (κ3) is 12.0. The monoisotopic (exact) mass is 699 g/mol. The first-order valence-electron chi connectivity index (χ1n) is 14.9. The molecule has 0 bridgehead atoms. The summed E-state index contributed by atoms with van der Waals surface area (Å²) in [7, 11) is -6.50. The quantitative estimate of drug-likeness (QED) is 0.101. The van der Waals surface area contributed by atoms with Crippen molar-refractivity contribution in [1.82, 2.24) is 15.4 Å². The van der Waals surface area contributed by atoms with Crippen molar-refractivity contribution in [2.75, 3.05) is 37.9 Å². The maximum atomic E-state index is 14.4. The average molecular weight is 700 g/mol. The fraction of sp³-hybridized carbons (Fsp3) is 0.433. The number of carbonyl (C=O) groups excluding carboxylic acids is 2. The van der Waals surface area contributed by atoms with Crippen molar-refractivity contribution >= 4 is 44.4 Å². The lowest BCUT2D eigenvalue weighted by atomic mass is 10.1. The summed E-state index contributed by atoms with van der Waals surface area (Å²) in [6.45, 7) is 5.25. The fourth-order valence-electron chi connectivity index (χ4n) is 4.48. The molecule has 0 radical (unpaired) electrons. The van der Waals surface area contributed by atoms with Crippen LogP contribution in [0.4, 0.5) is 19.4 Å². The zero-order chi connectivity index (χ0) is 34.4. The number of fused-ring (bicyclic) bond motifs is 1. The fourth-order valence-corrected chi connectivity index (χ4v) is 6.90. The predicted octanol–water partition coefficient (Wildman–Crippen LogP) is 6.72. The van der Waals surface area contributed by atoms with E-state index in [0.29, 0.717) is 0 Å². The van der Waals surface area contributed by atoms with Gasteiger partial charge in [0.15, 0.2) is 11.6 Å². The number of rotatable bonds is 19. The first kappa shape index (κ1) is 38.0. The highest BCUT2D eigenvalue weighted by Gasteiger charge is 2.38. The Bertz CT molecular complexity index is 1560. The molecule has 0 fully saturated rings. The lowest BCUT2D eigenvalue weighted by molar-refractivity contribution is -0.137. The maximum Gasteiger partial charge on any atom is 0.510 e. The van der Waals surface area contributed by atoms with Crippen molar-refractivity contribution < 1.29 is 50.3 Å². The van der Waals surface area contributed by atoms with E-state index in [2.05, 4.69) is 15.7 Å². The SMILES string of the molecule is CCO[P+](=O)CC(CC(COC(=O)Nc1cc2ccccc2cn1)N(NCc1cccc(F)c1F)C(C)=O)OP(=O)(OCC)OCC. The van der Waals surface area contributed by atoms with E-state index in [-0.39, 0.29) is 50.3 Å². The van der Waals surface area contributed by atoms with E-state index in [1.54, 1.807) is 33.0 Å². The molecule has 13 nitrogen and oxygen atoms in total. The number of nitrogens with zero attached hydrogens (tertiary/aromatic N) is 2. The largest absolute Gasteiger partial charge is 0.510 e. The van der Waals surface area contributed by atoms with E-state index < -0.39 is 58.2 Å². The molecule has 47 heavy (non-hydrogen) atoms. The summed E-state index contributed by atoms with van der Waals surface area (Å²) in [5, 5.41) is 5.26. The highest BCUT2D eigenvalue weighted by atomic mass is 31.2. The third-order valence-corrected chi connectivity index (χ3v) is 9.41. The van der Waals surface area contributed by atoms with Gasteiger partial charge in [-0.2, -0.15) is 0 Å². The molecule has 3 atom stereocenters. The van der Waals surface area contributed by atoms with Crippen LogP contribution in [0.25, 0.3) is 10.8 Å². The number of phosphoric acid groups is 1. The van der Waals surface area contributed by atoms with Crippen LogP contribution in [0.3, 0.4) is 0 Å². The molecule has 0 aliphatic rings. The van der Waals surface area contributed by atoms with Crippen molar-refractivity contribution in [3.8, 4) is 0 Å². The van der Waals surface area contributed by atoms with E-state index in [9.17, 15) is 27.5 Å². The molecule has 17 heteroatoms. The molecule has 2 amide bonds. The molecule has 256 valence electrons. The summed E-state index contributed by atoms with van der Waals surface area (Å²) < 4.78 is 81.2. The van der Waals surface area contributed by atoms with Crippen LogP contribution < -0.4 is 10.7 Å². The Morgan fingerprint density at radius 1 is 1.02 bits per heavy atom. The van der Waals surface area contributed by atoms with Crippen molar-refractivity contribution in [2.24, 2.45) is 0 Å². The van der Waals surface area contributed by atoms with Gasteiger partial charge in [0.1, 0.15) is 18.5 Å². The Kier molecular flexibility index (Phi) is 15.2. The molecule has 0 saturated carbocycles. The topological polar surface area (TPSA) is 155 Å². The zero-order valence-electron chi connectivity index (χ0n) is 26.5. The van der Waals surface area contributed by atoms with Crippen molar-refractivity contribution in [3.05, 3.63) is 71.9 Å². The molecule has 2 N–H and O–H groups in total. The van der Waals surface area contributed by atoms with Crippen LogP contribution in [0.15, 0.2) is 54.7 Å². The van der Waals surface area contributed by atoms with Crippen LogP contribution in [0.1, 0.15) is 39.7 Å². The van der Waals surface area contributed by atoms with Gasteiger partial charge in [0, 0.05) is 37.0 Å². The minimum Gasteiger partial charge on any atom is -0.447 e. The number of nitrogens with one attached hydrogen (secondary N) is 2. The average Bonchev–Trinajstić information content (AvgIpc) is 3.01. The summed E-state index contributed by atoms with van der Waals surface area (Å²) in [5.41, 5.74) is 2.67. The number of aromatic nitrogens is 1. The highest BCUT2D eigenvalue weighted by molar-refractivity contribution is 7.48. The van der Waals surface area contributed by atoms with Gasteiger partial charge in [0.2, 0.25) is 12.1 Å². The van der Waals surface area contributed by atoms with Crippen LogP contribution in [-0.2, 0) is 43.3 Å². The Morgan fingerprint density at radius 3 is 2.38 bits per heavy atom. The Morgan fingerprint density at radius 2 is 1.72 bits per heavy atom. The van der Waals surface area contributed by atoms with Gasteiger partial charge in [-0.3, -0.25) is 28.7 Å². The van der Waals surface area contributed by atoms with E-state index in [4.69, 9.17) is 22.8 Å². The molecular formula is C30H39F2N4O9P2+. The van der Waals surface area contributed by atoms with Gasteiger partial charge in [-0.15, -0.1) is 4.52 Å². The molecule has 0 spiro atoms. The second kappa shape index (κ2) is 18.8. The van der Waals surface area contributed by atoms with Crippen molar-refractivity contribution in [3.63, 3.8) is 0 Å². The number of carbonyl (C=O) groups is 2. The second-order valence-electron chi connectivity index (χ2n) is 9.91. The number of hydrazine groups is 1. The number of amides is 2. The van der Waals surface area contributed by atoms with Crippen molar-refractivity contribution in [1.29, 1.82) is 0 Å². The minimum atomic E-state index is -4.17. The smallest absolute Gasteiger partial charge is 0.447 e. The molecule has 3 rings (SSSR count). The number of hydrogen-bond donors (Lipinski definition) is 2. The predicted molar refractivity (Wildman–Crippen MR) is 171 cm³/mol. The van der Waals surface area contributed by atoms with Gasteiger partial charge >= 0.3 is 21.9 Å². The van der Waals surface area contributed by atoms with Crippen molar-refractivity contribution in [2.45, 2.75) is 52.8 Å². The molecule has 1 aromatic heterocycles. The zero-order valence-corrected chi connectivity index (χ0v) is 28.3.